The molecule has 1 aromatic heterocycles. The standard InChI is InChI=1S/C18H16BrNO5/c1-10(2)24-16-12(19)7-11(9-15(16)22-3)8-13-18(21)25-17(20-13)14-5-4-6-23-14/h4-10H,1-3H3. The number of aliphatic imine (C=N–C) groups is 1. The predicted octanol–water partition coefficient (Wildman–Crippen LogP) is 4.18. The van der Waals surface area contributed by atoms with Gasteiger partial charge in [-0.25, -0.2) is 9.79 Å². The van der Waals surface area contributed by atoms with Crippen LogP contribution in [0.3, 0.4) is 0 Å². The lowest BCUT2D eigenvalue weighted by Crippen LogP contribution is -2.07. The summed E-state index contributed by atoms with van der Waals surface area (Å²) in [6.07, 6.45) is 3.10. The summed E-state index contributed by atoms with van der Waals surface area (Å²) in [5.74, 6) is 1.16. The van der Waals surface area contributed by atoms with Crippen molar-refractivity contribution in [3.05, 3.63) is 52.0 Å². The van der Waals surface area contributed by atoms with E-state index >= 15 is 0 Å². The molecule has 1 aliphatic rings. The summed E-state index contributed by atoms with van der Waals surface area (Å²) in [7, 11) is 1.56. The highest BCUT2D eigenvalue weighted by Crippen LogP contribution is 2.38. The summed E-state index contributed by atoms with van der Waals surface area (Å²) in [6, 6.07) is 6.96. The van der Waals surface area contributed by atoms with Gasteiger partial charge in [0.1, 0.15) is 0 Å². The third kappa shape index (κ3) is 3.76. The van der Waals surface area contributed by atoms with Gasteiger partial charge in [0, 0.05) is 0 Å². The molecule has 0 unspecified atom stereocenters. The Hall–Kier alpha value is -2.54. The van der Waals surface area contributed by atoms with Crippen molar-refractivity contribution in [2.75, 3.05) is 7.11 Å². The molecule has 0 fully saturated rings. The second kappa shape index (κ2) is 7.14. The molecule has 0 aliphatic carbocycles. The van der Waals surface area contributed by atoms with Crippen molar-refractivity contribution >= 4 is 33.9 Å². The number of ether oxygens (including phenoxy) is 3. The zero-order chi connectivity index (χ0) is 18.0. The Bertz CT molecular complexity index is 853. The molecule has 25 heavy (non-hydrogen) atoms. The number of cyclic esters (lactones) is 1. The SMILES string of the molecule is COc1cc(C=C2N=C(c3ccco3)OC2=O)cc(Br)c1OC(C)C. The zero-order valence-electron chi connectivity index (χ0n) is 13.9. The van der Waals surface area contributed by atoms with Gasteiger partial charge in [-0.05, 0) is 65.7 Å². The monoisotopic (exact) mass is 405 g/mol. The van der Waals surface area contributed by atoms with Crippen molar-refractivity contribution in [1.29, 1.82) is 0 Å². The second-order valence-corrected chi connectivity index (χ2v) is 6.37. The first-order chi connectivity index (χ1) is 12.0. The predicted molar refractivity (Wildman–Crippen MR) is 95.8 cm³/mol. The number of esters is 1. The van der Waals surface area contributed by atoms with Crippen LogP contribution in [0.2, 0.25) is 0 Å². The minimum Gasteiger partial charge on any atom is -0.493 e. The number of benzene rings is 1. The molecule has 2 aromatic rings. The van der Waals surface area contributed by atoms with E-state index in [4.69, 9.17) is 18.6 Å². The Labute approximate surface area is 153 Å². The fourth-order valence-electron chi connectivity index (χ4n) is 2.25. The molecule has 0 spiro atoms. The van der Waals surface area contributed by atoms with Crippen molar-refractivity contribution in [2.45, 2.75) is 20.0 Å². The largest absolute Gasteiger partial charge is 0.493 e. The molecule has 2 heterocycles. The lowest BCUT2D eigenvalue weighted by atomic mass is 10.1. The lowest BCUT2D eigenvalue weighted by Gasteiger charge is -2.15. The molecule has 0 saturated carbocycles. The van der Waals surface area contributed by atoms with E-state index in [1.165, 1.54) is 6.26 Å². The Morgan fingerprint density at radius 2 is 2.12 bits per heavy atom. The van der Waals surface area contributed by atoms with E-state index in [1.807, 2.05) is 19.9 Å². The van der Waals surface area contributed by atoms with Gasteiger partial charge in [-0.3, -0.25) is 0 Å². The van der Waals surface area contributed by atoms with Crippen molar-refractivity contribution in [3.8, 4) is 11.5 Å². The molecule has 1 aliphatic heterocycles. The van der Waals surface area contributed by atoms with Gasteiger partial charge in [-0.2, -0.15) is 0 Å². The highest BCUT2D eigenvalue weighted by Gasteiger charge is 2.26. The molecular weight excluding hydrogens is 390 g/mol. The van der Waals surface area contributed by atoms with Gasteiger partial charge in [0.25, 0.3) is 5.90 Å². The van der Waals surface area contributed by atoms with Gasteiger partial charge in [0.05, 0.1) is 23.9 Å². The maximum Gasteiger partial charge on any atom is 0.363 e. The van der Waals surface area contributed by atoms with Crippen LogP contribution in [0.15, 0.2) is 50.1 Å². The summed E-state index contributed by atoms with van der Waals surface area (Å²) >= 11 is 3.47. The number of halogens is 1. The first kappa shape index (κ1) is 17.3. The molecule has 0 atom stereocenters. The summed E-state index contributed by atoms with van der Waals surface area (Å²) in [4.78, 5) is 16.2. The van der Waals surface area contributed by atoms with E-state index in [-0.39, 0.29) is 17.7 Å². The van der Waals surface area contributed by atoms with Crippen LogP contribution in [-0.2, 0) is 9.53 Å². The Morgan fingerprint density at radius 3 is 2.76 bits per heavy atom. The van der Waals surface area contributed by atoms with Gasteiger partial charge in [0.15, 0.2) is 23.0 Å². The number of carbonyl (C=O) groups is 1. The molecule has 0 amide bonds. The fraction of sp³-hybridized carbons (Fsp3) is 0.222. The average molecular weight is 406 g/mol. The van der Waals surface area contributed by atoms with E-state index in [9.17, 15) is 4.79 Å². The van der Waals surface area contributed by atoms with Crippen molar-refractivity contribution in [3.63, 3.8) is 0 Å². The second-order valence-electron chi connectivity index (χ2n) is 5.51. The quantitative estimate of drug-likeness (QED) is 0.550. The van der Waals surface area contributed by atoms with E-state index in [0.29, 0.717) is 21.7 Å². The number of furan rings is 1. The maximum absolute atomic E-state index is 12.0. The van der Waals surface area contributed by atoms with Crippen molar-refractivity contribution in [1.82, 2.24) is 0 Å². The Kier molecular flexibility index (Phi) is 4.94. The number of carbonyl (C=O) groups excluding carboxylic acids is 1. The molecule has 6 nitrogen and oxygen atoms in total. The normalized spacial score (nSPS) is 15.5. The fourth-order valence-corrected chi connectivity index (χ4v) is 2.80. The summed E-state index contributed by atoms with van der Waals surface area (Å²) in [5, 5.41) is 0. The highest BCUT2D eigenvalue weighted by molar-refractivity contribution is 9.10. The third-order valence-electron chi connectivity index (χ3n) is 3.26. The molecular formula is C18H16BrNO5. The van der Waals surface area contributed by atoms with E-state index in [2.05, 4.69) is 20.9 Å². The first-order valence-corrected chi connectivity index (χ1v) is 8.38. The summed E-state index contributed by atoms with van der Waals surface area (Å²) < 4.78 is 22.2. The van der Waals surface area contributed by atoms with Crippen LogP contribution >= 0.6 is 15.9 Å². The molecule has 0 bridgehead atoms. The molecule has 3 rings (SSSR count). The minimum atomic E-state index is -0.538. The van der Waals surface area contributed by atoms with Gasteiger partial charge in [-0.15, -0.1) is 0 Å². The number of nitrogens with zero attached hydrogens (tertiary/aromatic N) is 1. The van der Waals surface area contributed by atoms with Crippen LogP contribution in [0.4, 0.5) is 0 Å². The smallest absolute Gasteiger partial charge is 0.363 e. The van der Waals surface area contributed by atoms with E-state index in [1.54, 1.807) is 31.4 Å². The molecule has 1 aromatic carbocycles. The number of rotatable bonds is 5. The van der Waals surface area contributed by atoms with Crippen molar-refractivity contribution in [2.24, 2.45) is 4.99 Å². The number of methoxy groups -OCH3 is 1. The molecule has 0 N–H and O–H groups in total. The van der Waals surface area contributed by atoms with Crippen LogP contribution in [-0.4, -0.2) is 25.1 Å². The number of hydrogen-bond donors (Lipinski definition) is 0. The maximum atomic E-state index is 12.0. The van der Waals surface area contributed by atoms with Crippen LogP contribution in [0.25, 0.3) is 6.08 Å². The molecule has 7 heteroatoms. The lowest BCUT2D eigenvalue weighted by molar-refractivity contribution is -0.130. The first-order valence-electron chi connectivity index (χ1n) is 7.58. The van der Waals surface area contributed by atoms with Crippen molar-refractivity contribution < 1.29 is 23.4 Å². The Balaban J connectivity index is 1.95. The van der Waals surface area contributed by atoms with Crippen LogP contribution in [0, 0.1) is 0 Å². The van der Waals surface area contributed by atoms with Gasteiger partial charge in [0.2, 0.25) is 0 Å². The molecule has 0 saturated heterocycles. The molecule has 130 valence electrons. The topological polar surface area (TPSA) is 70.3 Å². The van der Waals surface area contributed by atoms with Gasteiger partial charge < -0.3 is 18.6 Å². The van der Waals surface area contributed by atoms with Crippen LogP contribution in [0.5, 0.6) is 11.5 Å². The van der Waals surface area contributed by atoms with Crippen LogP contribution < -0.4 is 9.47 Å². The van der Waals surface area contributed by atoms with Crippen LogP contribution in [0.1, 0.15) is 25.2 Å². The minimum absolute atomic E-state index is 0.000307. The summed E-state index contributed by atoms with van der Waals surface area (Å²) in [5.41, 5.74) is 0.897. The zero-order valence-corrected chi connectivity index (χ0v) is 15.5. The van der Waals surface area contributed by atoms with E-state index < -0.39 is 5.97 Å². The summed E-state index contributed by atoms with van der Waals surface area (Å²) in [6.45, 7) is 3.86. The number of hydrogen-bond acceptors (Lipinski definition) is 6. The average Bonchev–Trinajstić information content (AvgIpc) is 3.20. The van der Waals surface area contributed by atoms with E-state index in [0.717, 1.165) is 5.56 Å². The van der Waals surface area contributed by atoms with Gasteiger partial charge in [-0.1, -0.05) is 0 Å². The Morgan fingerprint density at radius 1 is 1.32 bits per heavy atom. The molecule has 0 radical (unpaired) electrons. The highest BCUT2D eigenvalue weighted by atomic mass is 79.9. The van der Waals surface area contributed by atoms with Gasteiger partial charge >= 0.3 is 5.97 Å². The third-order valence-corrected chi connectivity index (χ3v) is 3.85.